The zero-order chi connectivity index (χ0) is 53.9. The van der Waals surface area contributed by atoms with Gasteiger partial charge in [-0.1, -0.05) is 158 Å². The van der Waals surface area contributed by atoms with Gasteiger partial charge in [-0.3, -0.25) is 14.4 Å². The van der Waals surface area contributed by atoms with Crippen molar-refractivity contribution in [2.75, 3.05) is 66.5 Å². The minimum absolute atomic E-state index is 0.000681. The van der Waals surface area contributed by atoms with Gasteiger partial charge in [-0.15, -0.1) is 0 Å². The third-order valence-electron chi connectivity index (χ3n) is 14.0. The van der Waals surface area contributed by atoms with Gasteiger partial charge in [-0.05, 0) is 92.5 Å². The zero-order valence-electron chi connectivity index (χ0n) is 45.8. The quantitative estimate of drug-likeness (QED) is 0.0406. The number of hydrogen-bond acceptors (Lipinski definition) is 11. The van der Waals surface area contributed by atoms with Gasteiger partial charge in [0, 0.05) is 25.0 Å². The molecular weight excluding hydrogens is 937 g/mol. The van der Waals surface area contributed by atoms with Gasteiger partial charge >= 0.3 is 17.9 Å². The van der Waals surface area contributed by atoms with E-state index in [1.165, 1.54) is 50.7 Å². The lowest BCUT2D eigenvalue weighted by Crippen LogP contribution is -2.40. The average Bonchev–Trinajstić information content (AvgIpc) is 3.40. The number of carboxylic acid groups (broad SMARTS) is 1. The number of benzene rings is 3. The first-order valence-electron chi connectivity index (χ1n) is 27.4. The maximum atomic E-state index is 14.6. The fourth-order valence-electron chi connectivity index (χ4n) is 9.60. The number of methoxy groups -OCH3 is 1. The van der Waals surface area contributed by atoms with E-state index >= 15 is 0 Å². The van der Waals surface area contributed by atoms with Gasteiger partial charge in [0.15, 0.2) is 0 Å². The third-order valence-corrected chi connectivity index (χ3v) is 14.0. The second-order valence-corrected chi connectivity index (χ2v) is 20.7. The Morgan fingerprint density at radius 2 is 1.18 bits per heavy atom. The first-order chi connectivity index (χ1) is 35.8. The number of nitrogens with one attached hydrogen (secondary N) is 1. The van der Waals surface area contributed by atoms with E-state index in [0.29, 0.717) is 58.9 Å². The fourth-order valence-corrected chi connectivity index (χ4v) is 9.60. The van der Waals surface area contributed by atoms with Crippen LogP contribution in [0.3, 0.4) is 0 Å². The predicted molar refractivity (Wildman–Crippen MR) is 290 cm³/mol. The van der Waals surface area contributed by atoms with Crippen LogP contribution in [0.15, 0.2) is 84.9 Å². The molecule has 5 atom stereocenters. The Hall–Kier alpha value is -5.13. The largest absolute Gasteiger partial charge is 0.478 e. The van der Waals surface area contributed by atoms with E-state index < -0.39 is 46.5 Å². The number of aromatic carboxylic acids is 1. The molecule has 1 amide bonds. The predicted octanol–water partition coefficient (Wildman–Crippen LogP) is 12.4. The topological polar surface area (TPSA) is 180 Å². The second-order valence-electron chi connectivity index (χ2n) is 20.7. The van der Waals surface area contributed by atoms with E-state index in [0.717, 1.165) is 42.4 Å². The molecular formula is C61H90N2O11. The zero-order valence-corrected chi connectivity index (χ0v) is 45.8. The summed E-state index contributed by atoms with van der Waals surface area (Å²) in [5.74, 6) is -4.08. The first kappa shape index (κ1) is 63.2. The highest BCUT2D eigenvalue weighted by atomic mass is 16.6. The van der Waals surface area contributed by atoms with Gasteiger partial charge in [-0.25, -0.2) is 4.79 Å². The summed E-state index contributed by atoms with van der Waals surface area (Å²) < 4.78 is 33.8. The van der Waals surface area contributed by atoms with Crippen LogP contribution in [0.4, 0.5) is 0 Å². The van der Waals surface area contributed by atoms with Crippen LogP contribution in [-0.2, 0) is 49.4 Å². The van der Waals surface area contributed by atoms with E-state index in [-0.39, 0.29) is 63.0 Å². The van der Waals surface area contributed by atoms with Crippen molar-refractivity contribution >= 4 is 23.8 Å². The molecule has 0 fully saturated rings. The van der Waals surface area contributed by atoms with Crippen molar-refractivity contribution in [1.82, 2.24) is 5.32 Å². The van der Waals surface area contributed by atoms with Crippen LogP contribution in [-0.4, -0.2) is 95.4 Å². The Morgan fingerprint density at radius 3 is 1.74 bits per heavy atom. The number of unbranched alkanes of at least 4 members (excludes halogenated alkanes) is 9. The molecule has 3 aromatic carbocycles. The van der Waals surface area contributed by atoms with Crippen molar-refractivity contribution < 1.29 is 52.7 Å². The van der Waals surface area contributed by atoms with Crippen LogP contribution in [0.5, 0.6) is 0 Å². The monoisotopic (exact) mass is 1030 g/mol. The molecule has 13 nitrogen and oxygen atoms in total. The maximum Gasteiger partial charge on any atom is 0.335 e. The number of carboxylic acids is 1. The van der Waals surface area contributed by atoms with Gasteiger partial charge in [0.25, 0.3) is 0 Å². The number of nitriles is 1. The molecule has 0 aliphatic rings. The van der Waals surface area contributed by atoms with Crippen molar-refractivity contribution in [1.29, 1.82) is 5.26 Å². The average molecular weight is 1030 g/mol. The van der Waals surface area contributed by atoms with Crippen LogP contribution >= 0.6 is 0 Å². The second kappa shape index (κ2) is 36.8. The molecule has 5 unspecified atom stereocenters. The number of rotatable bonds is 42. The Kier molecular flexibility index (Phi) is 31.4. The standard InChI is InChI=1S/C61H90N2O11/c1-7-9-10-11-12-13-14-15-16-23-33-73-57(66)54(41-49(46-62)43-61(5,45-50(8-2)51-26-21-18-22-27-51)59(68)74-47-48-24-19-17-20-25-48)42-55(52-28-30-53(31-29-52)56(64)65)44-60(3,4)58(67)63-32-34-70-37-38-72-40-39-71-36-35-69-6/h17-22,24-31,49-50,54-55H,7-16,23,32-45,47H2,1-6H3,(H,63,67)(H,64,65). The maximum absolute atomic E-state index is 14.6. The van der Waals surface area contributed by atoms with Crippen molar-refractivity contribution in [3.63, 3.8) is 0 Å². The molecule has 0 saturated carbocycles. The summed E-state index contributed by atoms with van der Waals surface area (Å²) in [6.45, 7) is 13.4. The van der Waals surface area contributed by atoms with Gasteiger partial charge in [0.05, 0.1) is 75.8 Å². The molecule has 3 rings (SSSR count). The Morgan fingerprint density at radius 1 is 0.622 bits per heavy atom. The fraction of sp³-hybridized carbons (Fsp3) is 0.623. The summed E-state index contributed by atoms with van der Waals surface area (Å²) in [5.41, 5.74) is 0.766. The molecule has 74 heavy (non-hydrogen) atoms. The number of carbonyl (C=O) groups is 4. The van der Waals surface area contributed by atoms with E-state index in [2.05, 4.69) is 37.4 Å². The molecule has 0 heterocycles. The van der Waals surface area contributed by atoms with E-state index in [9.17, 15) is 29.5 Å². The molecule has 0 aliphatic carbocycles. The van der Waals surface area contributed by atoms with Crippen molar-refractivity contribution in [3.8, 4) is 6.07 Å². The SMILES string of the molecule is CCCCCCCCCCCCOC(=O)C(CC(C#N)CC(C)(CC(CC)c1ccccc1)C(=O)OCc1ccccc1)CC(CC(C)(C)C(=O)NCCOCCOCCOCCOC)c1ccc(C(=O)O)cc1. The molecule has 0 radical (unpaired) electrons. The van der Waals surface area contributed by atoms with Crippen LogP contribution in [0.1, 0.15) is 176 Å². The number of hydrogen-bond donors (Lipinski definition) is 2. The summed E-state index contributed by atoms with van der Waals surface area (Å²) in [7, 11) is 1.62. The van der Waals surface area contributed by atoms with Crippen molar-refractivity contribution in [3.05, 3.63) is 107 Å². The van der Waals surface area contributed by atoms with Crippen LogP contribution < -0.4 is 5.32 Å². The highest BCUT2D eigenvalue weighted by Crippen LogP contribution is 2.43. The van der Waals surface area contributed by atoms with Gasteiger partial charge < -0.3 is 38.8 Å². The highest BCUT2D eigenvalue weighted by molar-refractivity contribution is 5.87. The Balaban J connectivity index is 1.87. The van der Waals surface area contributed by atoms with Crippen LogP contribution in [0.2, 0.25) is 0 Å². The molecule has 0 bridgehead atoms. The summed E-state index contributed by atoms with van der Waals surface area (Å²) >= 11 is 0. The lowest BCUT2D eigenvalue weighted by molar-refractivity contribution is -0.158. The molecule has 13 heteroatoms. The number of esters is 2. The minimum Gasteiger partial charge on any atom is -0.478 e. The minimum atomic E-state index is -1.10. The molecule has 2 N–H and O–H groups in total. The van der Waals surface area contributed by atoms with E-state index in [1.54, 1.807) is 19.2 Å². The summed E-state index contributed by atoms with van der Waals surface area (Å²) in [6, 6.07) is 28.6. The van der Waals surface area contributed by atoms with E-state index in [1.807, 2.05) is 69.3 Å². The molecule has 410 valence electrons. The normalized spacial score (nSPS) is 14.0. The number of amides is 1. The molecule has 0 spiro atoms. The van der Waals surface area contributed by atoms with Gasteiger partial charge in [0.1, 0.15) is 6.61 Å². The van der Waals surface area contributed by atoms with Crippen molar-refractivity contribution in [2.45, 2.75) is 156 Å². The van der Waals surface area contributed by atoms with Crippen LogP contribution in [0, 0.1) is 34.0 Å². The molecule has 3 aromatic rings. The Bertz CT molecular complexity index is 2040. The lowest BCUT2D eigenvalue weighted by Gasteiger charge is -2.34. The summed E-state index contributed by atoms with van der Waals surface area (Å²) in [5, 5.41) is 23.8. The molecule has 0 aliphatic heterocycles. The first-order valence-corrected chi connectivity index (χ1v) is 27.4. The van der Waals surface area contributed by atoms with Gasteiger partial charge in [0.2, 0.25) is 5.91 Å². The smallest absolute Gasteiger partial charge is 0.335 e. The summed E-state index contributed by atoms with van der Waals surface area (Å²) in [4.78, 5) is 54.9. The number of ether oxygens (including phenoxy) is 6. The van der Waals surface area contributed by atoms with Gasteiger partial charge in [-0.2, -0.15) is 5.26 Å². The highest BCUT2D eigenvalue weighted by Gasteiger charge is 2.42. The Labute approximate surface area is 443 Å². The van der Waals surface area contributed by atoms with Crippen molar-refractivity contribution in [2.24, 2.45) is 22.7 Å². The van der Waals surface area contributed by atoms with E-state index in [4.69, 9.17) is 28.4 Å². The molecule has 0 saturated heterocycles. The lowest BCUT2D eigenvalue weighted by atomic mass is 9.70. The number of carbonyl (C=O) groups excluding carboxylic acids is 3. The summed E-state index contributed by atoms with van der Waals surface area (Å²) in [6.07, 6.45) is 13.3. The molecule has 0 aromatic heterocycles. The third kappa shape index (κ3) is 24.9. The van der Waals surface area contributed by atoms with Crippen LogP contribution in [0.25, 0.3) is 0 Å². The number of nitrogens with zero attached hydrogens (tertiary/aromatic N) is 1.